The second-order valence-electron chi connectivity index (χ2n) is 3.36. The van der Waals surface area contributed by atoms with Crippen molar-refractivity contribution in [3.05, 3.63) is 28.2 Å². The van der Waals surface area contributed by atoms with Crippen LogP contribution in [0.5, 0.6) is 0 Å². The summed E-state index contributed by atoms with van der Waals surface area (Å²) < 4.78 is 0.964. The van der Waals surface area contributed by atoms with Gasteiger partial charge in [-0.2, -0.15) is 0 Å². The number of halogens is 1. The number of hydrogen-bond acceptors (Lipinski definition) is 2. The Morgan fingerprint density at radius 2 is 2.36 bits per heavy atom. The van der Waals surface area contributed by atoms with Crippen molar-refractivity contribution < 1.29 is 9.90 Å². The van der Waals surface area contributed by atoms with E-state index in [1.807, 2.05) is 18.2 Å². The lowest BCUT2D eigenvalue weighted by Gasteiger charge is -2.24. The Labute approximate surface area is 90.3 Å². The van der Waals surface area contributed by atoms with E-state index in [2.05, 4.69) is 21.2 Å². The number of carbonyl (C=O) groups is 1. The minimum absolute atomic E-state index is 0.0108. The number of carbonyl (C=O) groups excluding carboxylic acids is 1. The summed E-state index contributed by atoms with van der Waals surface area (Å²) in [6, 6.07) is 5.66. The van der Waals surface area contributed by atoms with Crippen molar-refractivity contribution in [3.8, 4) is 0 Å². The molecule has 74 valence electrons. The Hall–Kier alpha value is -0.870. The predicted molar refractivity (Wildman–Crippen MR) is 57.2 cm³/mol. The van der Waals surface area contributed by atoms with Gasteiger partial charge in [0.25, 0.3) is 0 Å². The van der Waals surface area contributed by atoms with Crippen molar-refractivity contribution in [3.63, 3.8) is 0 Å². The molecule has 2 rings (SSSR count). The third kappa shape index (κ3) is 1.67. The predicted octanol–water partition coefficient (Wildman–Crippen LogP) is 1.87. The maximum absolute atomic E-state index is 11.2. The lowest BCUT2D eigenvalue weighted by molar-refractivity contribution is -0.117. The Bertz CT molecular complexity index is 378. The summed E-state index contributed by atoms with van der Waals surface area (Å²) >= 11 is 3.37. The Kier molecular flexibility index (Phi) is 2.56. The number of anilines is 1. The van der Waals surface area contributed by atoms with E-state index in [0.717, 1.165) is 15.7 Å². The minimum atomic E-state index is -0.0729. The van der Waals surface area contributed by atoms with E-state index in [0.29, 0.717) is 6.42 Å². The molecule has 1 aliphatic rings. The van der Waals surface area contributed by atoms with Gasteiger partial charge in [-0.1, -0.05) is 15.9 Å². The van der Waals surface area contributed by atoms with Gasteiger partial charge < -0.3 is 10.4 Å². The molecule has 0 saturated heterocycles. The molecule has 3 nitrogen and oxygen atoms in total. The molecule has 0 fully saturated rings. The van der Waals surface area contributed by atoms with Gasteiger partial charge in [0.05, 0.1) is 6.61 Å². The Morgan fingerprint density at radius 1 is 1.57 bits per heavy atom. The highest BCUT2D eigenvalue weighted by molar-refractivity contribution is 9.10. The fraction of sp³-hybridized carbons (Fsp3) is 0.300. The molecule has 14 heavy (non-hydrogen) atoms. The van der Waals surface area contributed by atoms with Gasteiger partial charge in [-0.3, -0.25) is 4.79 Å². The highest BCUT2D eigenvalue weighted by Gasteiger charge is 2.24. The number of aliphatic hydroxyl groups excluding tert-OH is 1. The maximum Gasteiger partial charge on any atom is 0.225 e. The number of amides is 1. The molecule has 1 unspecified atom stereocenters. The van der Waals surface area contributed by atoms with Crippen LogP contribution in [-0.2, 0) is 4.79 Å². The second kappa shape index (κ2) is 3.71. The molecule has 1 amide bonds. The maximum atomic E-state index is 11.2. The number of benzene rings is 1. The quantitative estimate of drug-likeness (QED) is 0.805. The highest BCUT2D eigenvalue weighted by Crippen LogP contribution is 2.33. The first kappa shape index (κ1) is 9.68. The van der Waals surface area contributed by atoms with Crippen LogP contribution in [0, 0.1) is 0 Å². The van der Waals surface area contributed by atoms with Crippen molar-refractivity contribution >= 4 is 27.5 Å². The number of fused-ring (bicyclic) bond motifs is 1. The van der Waals surface area contributed by atoms with Crippen LogP contribution in [-0.4, -0.2) is 17.6 Å². The van der Waals surface area contributed by atoms with E-state index in [1.165, 1.54) is 0 Å². The summed E-state index contributed by atoms with van der Waals surface area (Å²) in [6.45, 7) is 0.0108. The molecule has 1 aliphatic heterocycles. The highest BCUT2D eigenvalue weighted by atomic mass is 79.9. The average molecular weight is 256 g/mol. The normalized spacial score (nSPS) is 20.1. The Balaban J connectivity index is 2.46. The summed E-state index contributed by atoms with van der Waals surface area (Å²) in [5, 5.41) is 11.9. The molecule has 0 spiro atoms. The van der Waals surface area contributed by atoms with Crippen molar-refractivity contribution in [2.75, 3.05) is 11.9 Å². The van der Waals surface area contributed by atoms with Crippen molar-refractivity contribution in [2.24, 2.45) is 0 Å². The number of rotatable bonds is 1. The fourth-order valence-electron chi connectivity index (χ4n) is 1.68. The molecule has 0 saturated carbocycles. The summed E-state index contributed by atoms with van der Waals surface area (Å²) in [6.07, 6.45) is 0.361. The first-order valence-electron chi connectivity index (χ1n) is 4.41. The first-order chi connectivity index (χ1) is 6.70. The second-order valence-corrected chi connectivity index (χ2v) is 4.28. The molecule has 0 bridgehead atoms. The van der Waals surface area contributed by atoms with Crippen LogP contribution < -0.4 is 5.32 Å². The standard InChI is InChI=1S/C10H10BrNO2/c11-7-1-2-9-8(4-7)6(5-13)3-10(14)12-9/h1-2,4,6,13H,3,5H2,(H,12,14). The molecule has 1 atom stereocenters. The topological polar surface area (TPSA) is 49.3 Å². The average Bonchev–Trinajstić information content (AvgIpc) is 2.17. The molecule has 0 aromatic heterocycles. The monoisotopic (exact) mass is 255 g/mol. The third-order valence-electron chi connectivity index (χ3n) is 2.38. The van der Waals surface area contributed by atoms with Gasteiger partial charge in [0.2, 0.25) is 5.91 Å². The largest absolute Gasteiger partial charge is 0.396 e. The van der Waals surface area contributed by atoms with Gasteiger partial charge in [-0.15, -0.1) is 0 Å². The van der Waals surface area contributed by atoms with Crippen molar-refractivity contribution in [2.45, 2.75) is 12.3 Å². The first-order valence-corrected chi connectivity index (χ1v) is 5.20. The van der Waals surface area contributed by atoms with Crippen LogP contribution in [0.3, 0.4) is 0 Å². The summed E-state index contributed by atoms with van der Waals surface area (Å²) in [4.78, 5) is 11.2. The zero-order chi connectivity index (χ0) is 10.1. The smallest absolute Gasteiger partial charge is 0.225 e. The molecule has 1 aromatic carbocycles. The van der Waals surface area contributed by atoms with Gasteiger partial charge in [0.15, 0.2) is 0 Å². The fourth-order valence-corrected chi connectivity index (χ4v) is 2.06. The van der Waals surface area contributed by atoms with Gasteiger partial charge in [-0.05, 0) is 23.8 Å². The zero-order valence-electron chi connectivity index (χ0n) is 7.46. The van der Waals surface area contributed by atoms with Crippen LogP contribution >= 0.6 is 15.9 Å². The van der Waals surface area contributed by atoms with Crippen LogP contribution in [0.25, 0.3) is 0 Å². The van der Waals surface area contributed by atoms with E-state index in [-0.39, 0.29) is 18.4 Å². The van der Waals surface area contributed by atoms with Crippen LogP contribution in [0.15, 0.2) is 22.7 Å². The van der Waals surface area contributed by atoms with E-state index >= 15 is 0 Å². The molecular weight excluding hydrogens is 246 g/mol. The zero-order valence-corrected chi connectivity index (χ0v) is 9.04. The van der Waals surface area contributed by atoms with Crippen LogP contribution in [0.1, 0.15) is 17.9 Å². The third-order valence-corrected chi connectivity index (χ3v) is 2.87. The van der Waals surface area contributed by atoms with Crippen LogP contribution in [0.4, 0.5) is 5.69 Å². The number of hydrogen-bond donors (Lipinski definition) is 2. The SMILES string of the molecule is O=C1CC(CO)c2cc(Br)ccc2N1. The van der Waals surface area contributed by atoms with E-state index in [9.17, 15) is 4.79 Å². The lowest BCUT2D eigenvalue weighted by atomic mass is 9.91. The summed E-state index contributed by atoms with van der Waals surface area (Å²) in [5.74, 6) is -0.102. The van der Waals surface area contributed by atoms with E-state index in [1.54, 1.807) is 0 Å². The van der Waals surface area contributed by atoms with E-state index in [4.69, 9.17) is 5.11 Å². The minimum Gasteiger partial charge on any atom is -0.396 e. The van der Waals surface area contributed by atoms with Gasteiger partial charge in [0.1, 0.15) is 0 Å². The molecular formula is C10H10BrNO2. The number of aliphatic hydroxyl groups is 1. The van der Waals surface area contributed by atoms with Crippen molar-refractivity contribution in [1.82, 2.24) is 0 Å². The molecule has 2 N–H and O–H groups in total. The van der Waals surface area contributed by atoms with Gasteiger partial charge in [-0.25, -0.2) is 0 Å². The molecule has 1 heterocycles. The lowest BCUT2D eigenvalue weighted by Crippen LogP contribution is -2.24. The van der Waals surface area contributed by atoms with E-state index < -0.39 is 0 Å². The van der Waals surface area contributed by atoms with Crippen LogP contribution in [0.2, 0.25) is 0 Å². The summed E-state index contributed by atoms with van der Waals surface area (Å²) in [7, 11) is 0. The molecule has 0 aliphatic carbocycles. The molecule has 0 radical (unpaired) electrons. The van der Waals surface area contributed by atoms with Gasteiger partial charge in [0, 0.05) is 22.5 Å². The molecule has 4 heteroatoms. The summed E-state index contributed by atoms with van der Waals surface area (Å²) in [5.41, 5.74) is 1.81. The Morgan fingerprint density at radius 3 is 3.07 bits per heavy atom. The van der Waals surface area contributed by atoms with Gasteiger partial charge >= 0.3 is 0 Å². The molecule has 1 aromatic rings. The van der Waals surface area contributed by atoms with Crippen molar-refractivity contribution in [1.29, 1.82) is 0 Å². The number of nitrogens with one attached hydrogen (secondary N) is 1.